The summed E-state index contributed by atoms with van der Waals surface area (Å²) in [5.41, 5.74) is 1.76. The van der Waals surface area contributed by atoms with Gasteiger partial charge in [-0.3, -0.25) is 0 Å². The third kappa shape index (κ3) is 3.63. The van der Waals surface area contributed by atoms with Crippen LogP contribution in [0.1, 0.15) is 18.3 Å². The van der Waals surface area contributed by atoms with Crippen LogP contribution in [0.25, 0.3) is 0 Å². The Balaban J connectivity index is 2.73. The first-order valence-corrected chi connectivity index (χ1v) is 6.15. The van der Waals surface area contributed by atoms with Gasteiger partial charge in [0.2, 0.25) is 0 Å². The Morgan fingerprint density at radius 1 is 1.33 bits per heavy atom. The van der Waals surface area contributed by atoms with Gasteiger partial charge in [-0.1, -0.05) is 18.5 Å². The maximum absolute atomic E-state index is 8.90. The highest BCUT2D eigenvalue weighted by Crippen LogP contribution is 2.25. The molecule has 1 unspecified atom stereocenters. The molecule has 3 nitrogen and oxygen atoms in total. The van der Waals surface area contributed by atoms with Gasteiger partial charge < -0.3 is 5.11 Å². The molecule has 1 rings (SSSR count). The van der Waals surface area contributed by atoms with E-state index in [9.17, 15) is 0 Å². The van der Waals surface area contributed by atoms with Gasteiger partial charge in [0.15, 0.2) is 5.15 Å². The highest BCUT2D eigenvalue weighted by molar-refractivity contribution is 7.99. The van der Waals surface area contributed by atoms with Crippen molar-refractivity contribution in [2.75, 3.05) is 12.4 Å². The van der Waals surface area contributed by atoms with Crippen LogP contribution in [-0.2, 0) is 0 Å². The number of nitrogens with zero attached hydrogens (tertiary/aromatic N) is 2. The average molecular weight is 247 g/mol. The molecule has 84 valence electrons. The summed E-state index contributed by atoms with van der Waals surface area (Å²) in [6.45, 7) is 5.97. The Hall–Kier alpha value is -0.320. The van der Waals surface area contributed by atoms with Gasteiger partial charge in [0.05, 0.1) is 11.4 Å². The second kappa shape index (κ2) is 5.68. The Morgan fingerprint density at radius 2 is 1.93 bits per heavy atom. The summed E-state index contributed by atoms with van der Waals surface area (Å²) in [5, 5.41) is 10.1. The van der Waals surface area contributed by atoms with Crippen molar-refractivity contribution in [3.63, 3.8) is 0 Å². The first-order chi connectivity index (χ1) is 7.04. The maximum Gasteiger partial charge on any atom is 0.161 e. The lowest BCUT2D eigenvalue weighted by Gasteiger charge is -2.08. The summed E-state index contributed by atoms with van der Waals surface area (Å²) in [6, 6.07) is 0. The lowest BCUT2D eigenvalue weighted by molar-refractivity contribution is 0.250. The van der Waals surface area contributed by atoms with Gasteiger partial charge in [-0.05, 0) is 19.8 Å². The minimum absolute atomic E-state index is 0.183. The molecule has 1 atom stereocenters. The molecule has 0 radical (unpaired) electrons. The summed E-state index contributed by atoms with van der Waals surface area (Å²) in [4.78, 5) is 8.56. The first kappa shape index (κ1) is 12.7. The van der Waals surface area contributed by atoms with Crippen LogP contribution in [0, 0.1) is 19.8 Å². The average Bonchev–Trinajstić information content (AvgIpc) is 2.21. The van der Waals surface area contributed by atoms with Crippen molar-refractivity contribution in [1.82, 2.24) is 9.97 Å². The second-order valence-electron chi connectivity index (χ2n) is 3.59. The smallest absolute Gasteiger partial charge is 0.161 e. The summed E-state index contributed by atoms with van der Waals surface area (Å²) >= 11 is 7.51. The first-order valence-electron chi connectivity index (χ1n) is 4.79. The second-order valence-corrected chi connectivity index (χ2v) is 4.96. The van der Waals surface area contributed by atoms with Gasteiger partial charge >= 0.3 is 0 Å². The van der Waals surface area contributed by atoms with Gasteiger partial charge in [0, 0.05) is 12.4 Å². The number of rotatable bonds is 4. The number of halogens is 1. The van der Waals surface area contributed by atoms with E-state index in [-0.39, 0.29) is 12.5 Å². The molecule has 0 aliphatic rings. The lowest BCUT2D eigenvalue weighted by Crippen LogP contribution is -2.04. The van der Waals surface area contributed by atoms with Crippen LogP contribution in [-0.4, -0.2) is 27.4 Å². The van der Waals surface area contributed by atoms with Crippen LogP contribution in [0.2, 0.25) is 5.15 Å². The molecule has 1 aromatic heterocycles. The standard InChI is InChI=1S/C10H15ClN2OS/c1-6(4-14)5-15-10-9(11)12-7(2)8(3)13-10/h6,14H,4-5H2,1-3H3. The largest absolute Gasteiger partial charge is 0.396 e. The van der Waals surface area contributed by atoms with E-state index in [1.54, 1.807) is 0 Å². The molecular formula is C10H15ClN2OS. The monoisotopic (exact) mass is 246 g/mol. The predicted molar refractivity (Wildman–Crippen MR) is 63.5 cm³/mol. The number of hydrogen-bond donors (Lipinski definition) is 1. The van der Waals surface area contributed by atoms with Gasteiger partial charge in [0.25, 0.3) is 0 Å². The maximum atomic E-state index is 8.90. The molecule has 0 saturated carbocycles. The van der Waals surface area contributed by atoms with E-state index < -0.39 is 0 Å². The summed E-state index contributed by atoms with van der Waals surface area (Å²) in [7, 11) is 0. The zero-order valence-corrected chi connectivity index (χ0v) is 10.7. The van der Waals surface area contributed by atoms with Crippen molar-refractivity contribution in [2.45, 2.75) is 25.8 Å². The van der Waals surface area contributed by atoms with Crippen LogP contribution < -0.4 is 0 Å². The van der Waals surface area contributed by atoms with Crippen LogP contribution in [0.5, 0.6) is 0 Å². The van der Waals surface area contributed by atoms with E-state index in [1.807, 2.05) is 20.8 Å². The Kier molecular flexibility index (Phi) is 4.83. The number of thioether (sulfide) groups is 1. The summed E-state index contributed by atoms with van der Waals surface area (Å²) < 4.78 is 0. The van der Waals surface area contributed by atoms with E-state index in [4.69, 9.17) is 16.7 Å². The van der Waals surface area contributed by atoms with E-state index in [0.717, 1.165) is 22.2 Å². The van der Waals surface area contributed by atoms with E-state index in [1.165, 1.54) is 11.8 Å². The topological polar surface area (TPSA) is 46.0 Å². The van der Waals surface area contributed by atoms with Gasteiger partial charge in [-0.2, -0.15) is 0 Å². The number of hydrogen-bond acceptors (Lipinski definition) is 4. The van der Waals surface area contributed by atoms with Crippen molar-refractivity contribution in [3.8, 4) is 0 Å². The molecule has 1 heterocycles. The molecule has 0 amide bonds. The fraction of sp³-hybridized carbons (Fsp3) is 0.600. The fourth-order valence-corrected chi connectivity index (χ4v) is 2.17. The quantitative estimate of drug-likeness (QED) is 0.830. The minimum Gasteiger partial charge on any atom is -0.396 e. The van der Waals surface area contributed by atoms with Crippen molar-refractivity contribution in [2.24, 2.45) is 5.92 Å². The number of aryl methyl sites for hydroxylation is 2. The Morgan fingerprint density at radius 3 is 2.53 bits per heavy atom. The lowest BCUT2D eigenvalue weighted by atomic mass is 10.2. The molecule has 0 spiro atoms. The molecule has 0 saturated heterocycles. The summed E-state index contributed by atoms with van der Waals surface area (Å²) in [6.07, 6.45) is 0. The normalized spacial score (nSPS) is 12.9. The molecule has 15 heavy (non-hydrogen) atoms. The van der Waals surface area contributed by atoms with Gasteiger partial charge in [0.1, 0.15) is 5.03 Å². The van der Waals surface area contributed by atoms with E-state index >= 15 is 0 Å². The Bertz CT molecular complexity index is 346. The van der Waals surface area contributed by atoms with Crippen molar-refractivity contribution in [3.05, 3.63) is 16.5 Å². The van der Waals surface area contributed by atoms with Gasteiger partial charge in [-0.15, -0.1) is 11.8 Å². The zero-order chi connectivity index (χ0) is 11.4. The molecule has 0 aromatic carbocycles. The SMILES string of the molecule is Cc1nc(Cl)c(SCC(C)CO)nc1C. The molecule has 5 heteroatoms. The third-order valence-corrected chi connectivity index (χ3v) is 3.72. The predicted octanol–water partition coefficient (Wildman–Crippen LogP) is 2.47. The van der Waals surface area contributed by atoms with Crippen LogP contribution in [0.15, 0.2) is 5.03 Å². The minimum atomic E-state index is 0.183. The van der Waals surface area contributed by atoms with E-state index in [0.29, 0.717) is 5.15 Å². The van der Waals surface area contributed by atoms with Crippen LogP contribution in [0.3, 0.4) is 0 Å². The van der Waals surface area contributed by atoms with Crippen LogP contribution in [0.4, 0.5) is 0 Å². The van der Waals surface area contributed by atoms with Crippen LogP contribution >= 0.6 is 23.4 Å². The number of aliphatic hydroxyl groups excluding tert-OH is 1. The van der Waals surface area contributed by atoms with Crippen molar-refractivity contribution in [1.29, 1.82) is 0 Å². The van der Waals surface area contributed by atoms with Crippen molar-refractivity contribution < 1.29 is 5.11 Å². The van der Waals surface area contributed by atoms with Gasteiger partial charge in [-0.25, -0.2) is 9.97 Å². The highest BCUT2D eigenvalue weighted by Gasteiger charge is 2.09. The van der Waals surface area contributed by atoms with E-state index in [2.05, 4.69) is 9.97 Å². The molecule has 0 fully saturated rings. The molecule has 1 N–H and O–H groups in total. The zero-order valence-electron chi connectivity index (χ0n) is 9.12. The number of aromatic nitrogens is 2. The fourth-order valence-electron chi connectivity index (χ4n) is 0.921. The molecule has 0 aliphatic carbocycles. The Labute approximate surface area is 99.3 Å². The third-order valence-electron chi connectivity index (χ3n) is 2.05. The highest BCUT2D eigenvalue weighted by atomic mass is 35.5. The van der Waals surface area contributed by atoms with Crippen molar-refractivity contribution >= 4 is 23.4 Å². The summed E-state index contributed by atoms with van der Waals surface area (Å²) in [5.74, 6) is 1.04. The molecule has 1 aromatic rings. The number of aliphatic hydroxyl groups is 1. The molecule has 0 bridgehead atoms. The molecular weight excluding hydrogens is 232 g/mol. The molecule has 0 aliphatic heterocycles.